The van der Waals surface area contributed by atoms with E-state index in [0.717, 1.165) is 5.39 Å². The fourth-order valence-electron chi connectivity index (χ4n) is 3.71. The van der Waals surface area contributed by atoms with Crippen molar-refractivity contribution in [1.29, 1.82) is 0 Å². The van der Waals surface area contributed by atoms with Crippen LogP contribution in [-0.2, 0) is 0 Å². The van der Waals surface area contributed by atoms with Crippen molar-refractivity contribution in [2.45, 2.75) is 0 Å². The van der Waals surface area contributed by atoms with E-state index in [4.69, 9.17) is 18.6 Å². The lowest BCUT2D eigenvalue weighted by Gasteiger charge is -2.15. The second-order valence-electron chi connectivity index (χ2n) is 6.64. The number of nitrogens with one attached hydrogen (secondary N) is 2. The van der Waals surface area contributed by atoms with Gasteiger partial charge in [-0.25, -0.2) is 4.98 Å². The molecule has 9 heteroatoms. The van der Waals surface area contributed by atoms with Crippen LogP contribution in [0.5, 0.6) is 23.0 Å². The first-order valence-electron chi connectivity index (χ1n) is 9.01. The van der Waals surface area contributed by atoms with E-state index in [-0.39, 0.29) is 5.58 Å². The summed E-state index contributed by atoms with van der Waals surface area (Å²) < 4.78 is 22.5. The highest BCUT2D eigenvalue weighted by Crippen LogP contribution is 2.46. The Morgan fingerprint density at radius 1 is 0.967 bits per heavy atom. The van der Waals surface area contributed by atoms with E-state index in [9.17, 15) is 9.90 Å². The van der Waals surface area contributed by atoms with Crippen LogP contribution in [-0.4, -0.2) is 41.6 Å². The lowest BCUT2D eigenvalue weighted by Crippen LogP contribution is -1.96. The van der Waals surface area contributed by atoms with Crippen LogP contribution in [0.1, 0.15) is 0 Å². The van der Waals surface area contributed by atoms with Gasteiger partial charge in [-0.1, -0.05) is 0 Å². The Kier molecular flexibility index (Phi) is 3.85. The van der Waals surface area contributed by atoms with E-state index < -0.39 is 11.2 Å². The smallest absolute Gasteiger partial charge is 0.224 e. The van der Waals surface area contributed by atoms with Crippen molar-refractivity contribution in [3.8, 4) is 34.1 Å². The summed E-state index contributed by atoms with van der Waals surface area (Å²) in [6.07, 6.45) is 1.75. The van der Waals surface area contributed by atoms with Gasteiger partial charge in [0.1, 0.15) is 11.3 Å². The molecule has 0 aliphatic carbocycles. The Morgan fingerprint density at radius 3 is 2.43 bits per heavy atom. The predicted octanol–water partition coefficient (Wildman–Crippen LogP) is 3.55. The van der Waals surface area contributed by atoms with Crippen LogP contribution in [0.15, 0.2) is 39.7 Å². The first-order valence-corrected chi connectivity index (χ1v) is 9.01. The van der Waals surface area contributed by atoms with Gasteiger partial charge in [-0.05, 0) is 18.2 Å². The molecule has 3 N–H and O–H groups in total. The third-order valence-corrected chi connectivity index (χ3v) is 5.13. The molecule has 152 valence electrons. The molecule has 0 aliphatic heterocycles. The average Bonchev–Trinajstić information content (AvgIpc) is 3.38. The van der Waals surface area contributed by atoms with Crippen LogP contribution in [0.4, 0.5) is 0 Å². The molecule has 0 fully saturated rings. The number of fused-ring (bicyclic) bond motifs is 4. The number of hydrogen-bond acceptors (Lipinski definition) is 7. The van der Waals surface area contributed by atoms with E-state index in [2.05, 4.69) is 15.2 Å². The van der Waals surface area contributed by atoms with Gasteiger partial charge in [-0.15, -0.1) is 0 Å². The molecular weight excluding hydrogens is 390 g/mol. The van der Waals surface area contributed by atoms with Crippen molar-refractivity contribution in [3.63, 3.8) is 0 Å². The summed E-state index contributed by atoms with van der Waals surface area (Å²) in [5.74, 6) is 1.09. The quantitative estimate of drug-likeness (QED) is 0.416. The van der Waals surface area contributed by atoms with Gasteiger partial charge in [0.05, 0.1) is 26.7 Å². The summed E-state index contributed by atoms with van der Waals surface area (Å²) >= 11 is 0. The zero-order valence-electron chi connectivity index (χ0n) is 16.3. The van der Waals surface area contributed by atoms with E-state index in [1.54, 1.807) is 45.7 Å². The molecule has 5 aromatic rings. The number of benzene rings is 2. The predicted molar refractivity (Wildman–Crippen MR) is 111 cm³/mol. The fraction of sp³-hybridized carbons (Fsp3) is 0.143. The summed E-state index contributed by atoms with van der Waals surface area (Å²) in [5.41, 5.74) is 2.36. The number of aromatic nitrogens is 3. The zero-order chi connectivity index (χ0) is 21.0. The normalized spacial score (nSPS) is 11.4. The average molecular weight is 407 g/mol. The second-order valence-corrected chi connectivity index (χ2v) is 6.64. The number of furan rings is 1. The van der Waals surface area contributed by atoms with Crippen LogP contribution >= 0.6 is 0 Å². The largest absolute Gasteiger partial charge is 0.502 e. The van der Waals surface area contributed by atoms with Crippen molar-refractivity contribution in [2.24, 2.45) is 0 Å². The molecule has 3 aromatic heterocycles. The zero-order valence-corrected chi connectivity index (χ0v) is 16.3. The Labute approximate surface area is 168 Å². The number of phenolic OH excluding ortho intramolecular Hbond substituents is 1. The molecule has 0 saturated heterocycles. The number of rotatable bonds is 4. The molecule has 0 bridgehead atoms. The highest BCUT2D eigenvalue weighted by atomic mass is 16.5. The highest BCUT2D eigenvalue weighted by molar-refractivity contribution is 6.15. The van der Waals surface area contributed by atoms with Gasteiger partial charge in [0.2, 0.25) is 11.2 Å². The number of methoxy groups -OCH3 is 3. The van der Waals surface area contributed by atoms with Crippen molar-refractivity contribution in [1.82, 2.24) is 15.2 Å². The Morgan fingerprint density at radius 2 is 1.70 bits per heavy atom. The van der Waals surface area contributed by atoms with E-state index in [1.807, 2.05) is 0 Å². The fourth-order valence-corrected chi connectivity index (χ4v) is 3.71. The lowest BCUT2D eigenvalue weighted by molar-refractivity contribution is 0.349. The molecular formula is C21H17N3O6. The van der Waals surface area contributed by atoms with E-state index in [1.165, 1.54) is 6.07 Å². The minimum Gasteiger partial charge on any atom is -0.502 e. The topological polar surface area (TPSA) is 123 Å². The minimum atomic E-state index is -0.523. The highest BCUT2D eigenvalue weighted by Gasteiger charge is 2.24. The second kappa shape index (κ2) is 6.45. The SMILES string of the molecule is COc1cc(OC)c(-c2c3c[nH][nH]c3nc3c2oc2c(O)c(=O)ccc23)cc1OC. The van der Waals surface area contributed by atoms with Crippen LogP contribution < -0.4 is 19.6 Å². The summed E-state index contributed by atoms with van der Waals surface area (Å²) in [4.78, 5) is 16.5. The number of phenols is 1. The molecule has 0 saturated carbocycles. The summed E-state index contributed by atoms with van der Waals surface area (Å²) in [7, 11) is 4.64. The summed E-state index contributed by atoms with van der Waals surface area (Å²) in [5, 5.41) is 17.4. The summed E-state index contributed by atoms with van der Waals surface area (Å²) in [6.45, 7) is 0. The number of nitrogens with zero attached hydrogens (tertiary/aromatic N) is 1. The number of hydrogen-bond donors (Lipinski definition) is 3. The van der Waals surface area contributed by atoms with Gasteiger partial charge in [0.15, 0.2) is 28.3 Å². The van der Waals surface area contributed by atoms with Crippen LogP contribution in [0.2, 0.25) is 0 Å². The third-order valence-electron chi connectivity index (χ3n) is 5.13. The molecule has 2 aromatic carbocycles. The monoisotopic (exact) mass is 407 g/mol. The van der Waals surface area contributed by atoms with Crippen molar-refractivity contribution < 1.29 is 23.7 Å². The Balaban J connectivity index is 1.98. The van der Waals surface area contributed by atoms with Gasteiger partial charge in [-0.2, -0.15) is 0 Å². The van der Waals surface area contributed by atoms with Crippen LogP contribution in [0, 0.1) is 0 Å². The third kappa shape index (κ3) is 2.35. The van der Waals surface area contributed by atoms with Gasteiger partial charge >= 0.3 is 0 Å². The van der Waals surface area contributed by atoms with Crippen LogP contribution in [0.25, 0.3) is 44.2 Å². The molecule has 0 radical (unpaired) electrons. The molecule has 5 rings (SSSR count). The molecule has 0 unspecified atom stereocenters. The Hall–Kier alpha value is -4.14. The van der Waals surface area contributed by atoms with E-state index >= 15 is 0 Å². The number of pyridine rings is 1. The van der Waals surface area contributed by atoms with Gasteiger partial charge in [-0.3, -0.25) is 9.89 Å². The maximum atomic E-state index is 11.9. The van der Waals surface area contributed by atoms with Crippen LogP contribution in [0.3, 0.4) is 0 Å². The number of H-pyrrole nitrogens is 2. The number of ether oxygens (including phenoxy) is 3. The maximum Gasteiger partial charge on any atom is 0.224 e. The number of aromatic amines is 2. The Bertz CT molecular complexity index is 1490. The van der Waals surface area contributed by atoms with Crippen molar-refractivity contribution in [3.05, 3.63) is 40.7 Å². The maximum absolute atomic E-state index is 11.9. The lowest BCUT2D eigenvalue weighted by atomic mass is 10.00. The summed E-state index contributed by atoms with van der Waals surface area (Å²) in [6, 6.07) is 6.38. The molecule has 30 heavy (non-hydrogen) atoms. The number of aromatic hydroxyl groups is 1. The standard InChI is InChI=1S/C21H17N3O6/c1-27-13-7-15(29-3)14(28-2)6-10(13)16-11-8-22-24-21(11)23-17-9-4-5-12(25)18(26)19(9)30-20(16)17/h4-8,26H,1-3H3,(H2,22,23,24). The van der Waals surface area contributed by atoms with Gasteiger partial charge < -0.3 is 28.8 Å². The van der Waals surface area contributed by atoms with Gasteiger partial charge in [0, 0.05) is 28.8 Å². The first kappa shape index (κ1) is 17.9. The molecule has 0 spiro atoms. The van der Waals surface area contributed by atoms with Crippen molar-refractivity contribution >= 4 is 33.1 Å². The van der Waals surface area contributed by atoms with Crippen molar-refractivity contribution in [2.75, 3.05) is 21.3 Å². The molecule has 0 atom stereocenters. The molecule has 0 aliphatic rings. The minimum absolute atomic E-state index is 0.0855. The molecule has 3 heterocycles. The van der Waals surface area contributed by atoms with Gasteiger partial charge in [0.25, 0.3) is 0 Å². The molecule has 9 nitrogen and oxygen atoms in total. The van der Waals surface area contributed by atoms with E-state index in [0.29, 0.717) is 50.5 Å². The first-order chi connectivity index (χ1) is 14.6. The molecule has 0 amide bonds.